The number of hydrogen-bond donors (Lipinski definition) is 1. The first-order valence-electron chi connectivity index (χ1n) is 5.34. The Labute approximate surface area is 94.3 Å². The molecule has 5 heteroatoms. The lowest BCUT2D eigenvalue weighted by atomic mass is 9.92. The van der Waals surface area contributed by atoms with E-state index in [1.807, 2.05) is 0 Å². The molecule has 1 N–H and O–H groups in total. The van der Waals surface area contributed by atoms with Crippen molar-refractivity contribution >= 4 is 17.0 Å². The molecule has 86 valence electrons. The van der Waals surface area contributed by atoms with Crippen LogP contribution >= 0.6 is 0 Å². The SMILES string of the molecule is CC(C)(C)CCNc1ncnc2ocnc12. The van der Waals surface area contributed by atoms with Crippen LogP contribution in [0.5, 0.6) is 0 Å². The summed E-state index contributed by atoms with van der Waals surface area (Å²) in [6.07, 6.45) is 3.93. The molecule has 2 heterocycles. The van der Waals surface area contributed by atoms with E-state index in [9.17, 15) is 0 Å². The summed E-state index contributed by atoms with van der Waals surface area (Å²) < 4.78 is 5.10. The van der Waals surface area contributed by atoms with E-state index in [0.29, 0.717) is 16.6 Å². The van der Waals surface area contributed by atoms with Gasteiger partial charge >= 0.3 is 0 Å². The van der Waals surface area contributed by atoms with E-state index in [2.05, 4.69) is 41.0 Å². The Bertz CT molecular complexity index is 472. The average molecular weight is 220 g/mol. The van der Waals surface area contributed by atoms with Gasteiger partial charge in [-0.05, 0) is 11.8 Å². The zero-order valence-corrected chi connectivity index (χ0v) is 9.82. The summed E-state index contributed by atoms with van der Waals surface area (Å²) in [4.78, 5) is 12.2. The maximum Gasteiger partial charge on any atom is 0.251 e. The summed E-state index contributed by atoms with van der Waals surface area (Å²) >= 11 is 0. The minimum atomic E-state index is 0.309. The molecule has 0 bridgehead atoms. The molecule has 0 aromatic carbocycles. The minimum absolute atomic E-state index is 0.309. The molecule has 2 aromatic rings. The molecule has 0 amide bonds. The molecule has 0 spiro atoms. The average Bonchev–Trinajstić information content (AvgIpc) is 2.64. The largest absolute Gasteiger partial charge is 0.425 e. The standard InChI is InChI=1S/C11H16N4O/c1-11(2,3)4-5-12-9-8-10(14-6-13-9)16-7-15-8/h6-7H,4-5H2,1-3H3,(H,12,13,14). The first-order valence-corrected chi connectivity index (χ1v) is 5.34. The third-order valence-electron chi connectivity index (χ3n) is 2.30. The highest BCUT2D eigenvalue weighted by Crippen LogP contribution is 2.20. The number of oxazole rings is 1. The van der Waals surface area contributed by atoms with Crippen LogP contribution in [-0.2, 0) is 0 Å². The van der Waals surface area contributed by atoms with Crippen LogP contribution in [0.1, 0.15) is 27.2 Å². The van der Waals surface area contributed by atoms with Crippen molar-refractivity contribution in [3.8, 4) is 0 Å². The van der Waals surface area contributed by atoms with Crippen molar-refractivity contribution in [3.63, 3.8) is 0 Å². The molecule has 2 rings (SSSR count). The van der Waals surface area contributed by atoms with E-state index in [1.54, 1.807) is 0 Å². The number of hydrogen-bond acceptors (Lipinski definition) is 5. The van der Waals surface area contributed by atoms with Crippen molar-refractivity contribution in [2.45, 2.75) is 27.2 Å². The van der Waals surface area contributed by atoms with E-state index in [1.165, 1.54) is 12.7 Å². The van der Waals surface area contributed by atoms with Gasteiger partial charge < -0.3 is 9.73 Å². The second-order valence-electron chi connectivity index (χ2n) is 4.97. The molecule has 0 unspecified atom stereocenters. The maximum absolute atomic E-state index is 5.10. The fraction of sp³-hybridized carbons (Fsp3) is 0.545. The van der Waals surface area contributed by atoms with Crippen molar-refractivity contribution in [2.75, 3.05) is 11.9 Å². The Kier molecular flexibility index (Phi) is 2.77. The van der Waals surface area contributed by atoms with Crippen molar-refractivity contribution in [3.05, 3.63) is 12.7 Å². The summed E-state index contributed by atoms with van der Waals surface area (Å²) in [5, 5.41) is 3.26. The van der Waals surface area contributed by atoms with Gasteiger partial charge in [0.05, 0.1) is 0 Å². The highest BCUT2D eigenvalue weighted by atomic mass is 16.3. The molecule has 16 heavy (non-hydrogen) atoms. The third-order valence-corrected chi connectivity index (χ3v) is 2.30. The van der Waals surface area contributed by atoms with Crippen LogP contribution in [0.2, 0.25) is 0 Å². The molecule has 0 saturated heterocycles. The zero-order valence-electron chi connectivity index (χ0n) is 9.82. The number of nitrogens with zero attached hydrogens (tertiary/aromatic N) is 3. The fourth-order valence-electron chi connectivity index (χ4n) is 1.38. The number of rotatable bonds is 3. The molecule has 0 aliphatic carbocycles. The van der Waals surface area contributed by atoms with Gasteiger partial charge in [-0.25, -0.2) is 9.97 Å². The summed E-state index contributed by atoms with van der Waals surface area (Å²) in [6.45, 7) is 7.49. The van der Waals surface area contributed by atoms with Crippen LogP contribution < -0.4 is 5.32 Å². The predicted octanol–water partition coefficient (Wildman–Crippen LogP) is 2.47. The van der Waals surface area contributed by atoms with E-state index in [0.717, 1.165) is 18.8 Å². The van der Waals surface area contributed by atoms with Gasteiger partial charge in [0.25, 0.3) is 5.71 Å². The van der Waals surface area contributed by atoms with Crippen LogP contribution in [0.25, 0.3) is 11.2 Å². The summed E-state index contributed by atoms with van der Waals surface area (Å²) in [6, 6.07) is 0. The smallest absolute Gasteiger partial charge is 0.251 e. The molecule has 0 aliphatic heterocycles. The summed E-state index contributed by atoms with van der Waals surface area (Å²) in [5.41, 5.74) is 1.52. The van der Waals surface area contributed by atoms with E-state index in [-0.39, 0.29) is 0 Å². The second-order valence-corrected chi connectivity index (χ2v) is 4.97. The van der Waals surface area contributed by atoms with Crippen LogP contribution in [-0.4, -0.2) is 21.5 Å². The van der Waals surface area contributed by atoms with Gasteiger partial charge in [0.2, 0.25) is 0 Å². The lowest BCUT2D eigenvalue weighted by Crippen LogP contribution is -2.13. The quantitative estimate of drug-likeness (QED) is 0.860. The highest BCUT2D eigenvalue weighted by Gasteiger charge is 2.11. The predicted molar refractivity (Wildman–Crippen MR) is 62.2 cm³/mol. The molecular weight excluding hydrogens is 204 g/mol. The van der Waals surface area contributed by atoms with E-state index < -0.39 is 0 Å². The van der Waals surface area contributed by atoms with Crippen molar-refractivity contribution in [2.24, 2.45) is 5.41 Å². The zero-order chi connectivity index (χ0) is 11.6. The number of aromatic nitrogens is 3. The molecule has 0 fully saturated rings. The molecule has 0 aliphatic rings. The van der Waals surface area contributed by atoms with E-state index in [4.69, 9.17) is 4.42 Å². The summed E-state index contributed by atoms with van der Waals surface area (Å²) in [5.74, 6) is 0.739. The van der Waals surface area contributed by atoms with Gasteiger partial charge in [-0.3, -0.25) is 0 Å². The van der Waals surface area contributed by atoms with Gasteiger partial charge in [-0.15, -0.1) is 0 Å². The van der Waals surface area contributed by atoms with Crippen LogP contribution in [0.4, 0.5) is 5.82 Å². The Morgan fingerprint density at radius 1 is 1.25 bits per heavy atom. The first kappa shape index (κ1) is 10.9. The molecule has 0 atom stereocenters. The monoisotopic (exact) mass is 220 g/mol. The lowest BCUT2D eigenvalue weighted by Gasteiger charge is -2.18. The van der Waals surface area contributed by atoms with Gasteiger partial charge in [0, 0.05) is 6.54 Å². The lowest BCUT2D eigenvalue weighted by molar-refractivity contribution is 0.389. The topological polar surface area (TPSA) is 63.8 Å². The Hall–Kier alpha value is -1.65. The van der Waals surface area contributed by atoms with E-state index >= 15 is 0 Å². The fourth-order valence-corrected chi connectivity index (χ4v) is 1.38. The summed E-state index contributed by atoms with van der Waals surface area (Å²) in [7, 11) is 0. The normalized spacial score (nSPS) is 11.9. The first-order chi connectivity index (χ1) is 7.56. The number of nitrogens with one attached hydrogen (secondary N) is 1. The van der Waals surface area contributed by atoms with Crippen molar-refractivity contribution < 1.29 is 4.42 Å². The van der Waals surface area contributed by atoms with Crippen molar-refractivity contribution in [1.82, 2.24) is 15.0 Å². The van der Waals surface area contributed by atoms with Crippen molar-refractivity contribution in [1.29, 1.82) is 0 Å². The molecular formula is C11H16N4O. The van der Waals surface area contributed by atoms with Crippen LogP contribution in [0.3, 0.4) is 0 Å². The molecule has 0 radical (unpaired) electrons. The maximum atomic E-state index is 5.10. The van der Waals surface area contributed by atoms with Crippen LogP contribution in [0, 0.1) is 5.41 Å². The van der Waals surface area contributed by atoms with Gasteiger partial charge in [-0.2, -0.15) is 4.98 Å². The van der Waals surface area contributed by atoms with Gasteiger partial charge in [-0.1, -0.05) is 20.8 Å². The number of fused-ring (bicyclic) bond motifs is 1. The number of anilines is 1. The Balaban J connectivity index is 2.07. The Morgan fingerprint density at radius 2 is 2.06 bits per heavy atom. The van der Waals surface area contributed by atoms with Gasteiger partial charge in [0.1, 0.15) is 6.33 Å². The van der Waals surface area contributed by atoms with Gasteiger partial charge in [0.15, 0.2) is 17.7 Å². The molecule has 0 saturated carbocycles. The molecule has 5 nitrogen and oxygen atoms in total. The highest BCUT2D eigenvalue weighted by molar-refractivity contribution is 5.80. The third kappa shape index (κ3) is 2.48. The Morgan fingerprint density at radius 3 is 2.81 bits per heavy atom. The molecule has 2 aromatic heterocycles. The second kappa shape index (κ2) is 4.08. The minimum Gasteiger partial charge on any atom is -0.425 e. The van der Waals surface area contributed by atoms with Crippen LogP contribution in [0.15, 0.2) is 17.1 Å².